The zero-order valence-corrected chi connectivity index (χ0v) is 7.88. The van der Waals surface area contributed by atoms with Gasteiger partial charge in [-0.05, 0) is 17.7 Å². The molecule has 0 aliphatic rings. The van der Waals surface area contributed by atoms with Gasteiger partial charge in [0.1, 0.15) is 0 Å². The Balaban J connectivity index is 2.47. The Hall–Kier alpha value is -1.68. The van der Waals surface area contributed by atoms with Crippen molar-refractivity contribution in [1.82, 2.24) is 14.8 Å². The predicted molar refractivity (Wildman–Crippen MR) is 52.4 cm³/mol. The van der Waals surface area contributed by atoms with E-state index in [-0.39, 0.29) is 6.61 Å². The Morgan fingerprint density at radius 2 is 2.29 bits per heavy atom. The molecule has 0 saturated carbocycles. The topological polar surface area (TPSA) is 50.9 Å². The Kier molecular flexibility index (Phi) is 2.28. The van der Waals surface area contributed by atoms with E-state index in [4.69, 9.17) is 5.11 Å². The summed E-state index contributed by atoms with van der Waals surface area (Å²) in [4.78, 5) is 4.05. The molecule has 0 unspecified atom stereocenters. The van der Waals surface area contributed by atoms with Crippen molar-refractivity contribution in [2.24, 2.45) is 7.05 Å². The Morgan fingerprint density at radius 1 is 1.43 bits per heavy atom. The molecule has 2 aromatic rings. The third-order valence-corrected chi connectivity index (χ3v) is 2.09. The minimum atomic E-state index is 0.0126. The molecule has 2 heterocycles. The van der Waals surface area contributed by atoms with E-state index >= 15 is 0 Å². The van der Waals surface area contributed by atoms with Gasteiger partial charge >= 0.3 is 0 Å². The molecule has 0 saturated heterocycles. The quantitative estimate of drug-likeness (QED) is 0.766. The minimum Gasteiger partial charge on any atom is -0.392 e. The van der Waals surface area contributed by atoms with Gasteiger partial charge in [0.05, 0.1) is 12.3 Å². The molecule has 0 bridgehead atoms. The molecular weight excluding hydrogens is 178 g/mol. The lowest BCUT2D eigenvalue weighted by Crippen LogP contribution is -1.94. The van der Waals surface area contributed by atoms with Crippen molar-refractivity contribution in [3.05, 3.63) is 36.3 Å². The molecule has 0 radical (unpaired) electrons. The highest BCUT2D eigenvalue weighted by molar-refractivity contribution is 5.58. The van der Waals surface area contributed by atoms with Gasteiger partial charge in [-0.3, -0.25) is 9.67 Å². The molecule has 4 nitrogen and oxygen atoms in total. The van der Waals surface area contributed by atoms with Gasteiger partial charge in [-0.2, -0.15) is 5.10 Å². The second kappa shape index (κ2) is 3.59. The average Bonchev–Trinajstić information content (AvgIpc) is 2.65. The molecular formula is C10H11N3O. The van der Waals surface area contributed by atoms with Crippen LogP contribution in [-0.4, -0.2) is 19.9 Å². The number of aryl methyl sites for hydroxylation is 1. The van der Waals surface area contributed by atoms with Gasteiger partial charge in [0, 0.05) is 31.2 Å². The number of hydrogen-bond donors (Lipinski definition) is 1. The van der Waals surface area contributed by atoms with E-state index in [1.807, 2.05) is 19.2 Å². The normalized spacial score (nSPS) is 10.4. The van der Waals surface area contributed by atoms with Crippen LogP contribution in [0.4, 0.5) is 0 Å². The summed E-state index contributed by atoms with van der Waals surface area (Å²) in [6.45, 7) is 0.0126. The first kappa shape index (κ1) is 8.90. The maximum Gasteiger partial charge on any atom is 0.0697 e. The predicted octanol–water partition coefficient (Wildman–Crippen LogP) is 0.974. The number of aromatic nitrogens is 3. The van der Waals surface area contributed by atoms with Crippen molar-refractivity contribution >= 4 is 0 Å². The van der Waals surface area contributed by atoms with Gasteiger partial charge in [0.25, 0.3) is 0 Å². The molecule has 4 heteroatoms. The summed E-state index contributed by atoms with van der Waals surface area (Å²) in [6, 6.07) is 3.82. The van der Waals surface area contributed by atoms with Crippen LogP contribution in [0.2, 0.25) is 0 Å². The molecule has 2 rings (SSSR count). The van der Waals surface area contributed by atoms with Gasteiger partial charge in [-0.25, -0.2) is 0 Å². The molecule has 0 spiro atoms. The number of pyridine rings is 1. The molecule has 72 valence electrons. The Morgan fingerprint density at radius 3 is 2.93 bits per heavy atom. The molecule has 0 aliphatic carbocycles. The summed E-state index contributed by atoms with van der Waals surface area (Å²) in [5.74, 6) is 0. The highest BCUT2D eigenvalue weighted by atomic mass is 16.3. The number of nitrogens with zero attached hydrogens (tertiary/aromatic N) is 3. The Bertz CT molecular complexity index is 436. The maximum atomic E-state index is 8.97. The van der Waals surface area contributed by atoms with Crippen LogP contribution in [0.1, 0.15) is 5.56 Å². The summed E-state index contributed by atoms with van der Waals surface area (Å²) in [5.41, 5.74) is 2.77. The zero-order valence-electron chi connectivity index (χ0n) is 7.88. The lowest BCUT2D eigenvalue weighted by Gasteiger charge is -2.02. The number of hydrogen-bond acceptors (Lipinski definition) is 3. The van der Waals surface area contributed by atoms with Crippen LogP contribution in [0.25, 0.3) is 11.3 Å². The van der Waals surface area contributed by atoms with E-state index in [1.165, 1.54) is 0 Å². The van der Waals surface area contributed by atoms with Gasteiger partial charge in [-0.15, -0.1) is 0 Å². The van der Waals surface area contributed by atoms with Crippen molar-refractivity contribution in [2.45, 2.75) is 6.61 Å². The lowest BCUT2D eigenvalue weighted by atomic mass is 10.1. The maximum absolute atomic E-state index is 8.97. The van der Waals surface area contributed by atoms with Crippen LogP contribution in [0.3, 0.4) is 0 Å². The first-order valence-electron chi connectivity index (χ1n) is 4.34. The standard InChI is InChI=1S/C10H11N3O/c1-13-10(2-3-12-13)9-4-8(7-14)5-11-6-9/h2-6,14H,7H2,1H3. The van der Waals surface area contributed by atoms with Crippen molar-refractivity contribution in [1.29, 1.82) is 0 Å². The summed E-state index contributed by atoms with van der Waals surface area (Å²) in [6.07, 6.45) is 5.15. The second-order valence-electron chi connectivity index (χ2n) is 3.08. The fourth-order valence-corrected chi connectivity index (χ4v) is 1.37. The number of aliphatic hydroxyl groups excluding tert-OH is 1. The number of rotatable bonds is 2. The molecule has 0 amide bonds. The first-order valence-corrected chi connectivity index (χ1v) is 4.34. The van der Waals surface area contributed by atoms with E-state index in [1.54, 1.807) is 23.3 Å². The van der Waals surface area contributed by atoms with Gasteiger partial charge in [0.15, 0.2) is 0 Å². The van der Waals surface area contributed by atoms with Crippen LogP contribution in [0, 0.1) is 0 Å². The van der Waals surface area contributed by atoms with E-state index < -0.39 is 0 Å². The van der Waals surface area contributed by atoms with Gasteiger partial charge in [0.2, 0.25) is 0 Å². The summed E-state index contributed by atoms with van der Waals surface area (Å²) in [5, 5.41) is 13.0. The fourth-order valence-electron chi connectivity index (χ4n) is 1.37. The number of aliphatic hydroxyl groups is 1. The van der Waals surface area contributed by atoms with E-state index in [9.17, 15) is 0 Å². The lowest BCUT2D eigenvalue weighted by molar-refractivity contribution is 0.281. The van der Waals surface area contributed by atoms with Crippen molar-refractivity contribution in [3.63, 3.8) is 0 Å². The average molecular weight is 189 g/mol. The highest BCUT2D eigenvalue weighted by Gasteiger charge is 2.03. The van der Waals surface area contributed by atoms with E-state index in [0.29, 0.717) is 0 Å². The molecule has 0 aliphatic heterocycles. The smallest absolute Gasteiger partial charge is 0.0697 e. The van der Waals surface area contributed by atoms with Crippen LogP contribution < -0.4 is 0 Å². The second-order valence-corrected chi connectivity index (χ2v) is 3.08. The summed E-state index contributed by atoms with van der Waals surface area (Å²) < 4.78 is 1.78. The van der Waals surface area contributed by atoms with Crippen molar-refractivity contribution in [2.75, 3.05) is 0 Å². The molecule has 1 N–H and O–H groups in total. The van der Waals surface area contributed by atoms with Crippen molar-refractivity contribution in [3.8, 4) is 11.3 Å². The first-order chi connectivity index (χ1) is 6.81. The molecule has 14 heavy (non-hydrogen) atoms. The third-order valence-electron chi connectivity index (χ3n) is 2.09. The SMILES string of the molecule is Cn1nccc1-c1cncc(CO)c1. The Labute approximate surface area is 81.8 Å². The monoisotopic (exact) mass is 189 g/mol. The van der Waals surface area contributed by atoms with Crippen LogP contribution >= 0.6 is 0 Å². The third kappa shape index (κ3) is 1.52. The van der Waals surface area contributed by atoms with Crippen LogP contribution in [0.15, 0.2) is 30.7 Å². The van der Waals surface area contributed by atoms with Gasteiger partial charge in [-0.1, -0.05) is 0 Å². The fraction of sp³-hybridized carbons (Fsp3) is 0.200. The van der Waals surface area contributed by atoms with Crippen LogP contribution in [0.5, 0.6) is 0 Å². The molecule has 0 atom stereocenters. The van der Waals surface area contributed by atoms with E-state index in [0.717, 1.165) is 16.8 Å². The highest BCUT2D eigenvalue weighted by Crippen LogP contribution is 2.17. The van der Waals surface area contributed by atoms with Crippen molar-refractivity contribution < 1.29 is 5.11 Å². The molecule has 0 aromatic carbocycles. The minimum absolute atomic E-state index is 0.0126. The van der Waals surface area contributed by atoms with Crippen LogP contribution in [-0.2, 0) is 13.7 Å². The summed E-state index contributed by atoms with van der Waals surface area (Å²) in [7, 11) is 1.88. The van der Waals surface area contributed by atoms with E-state index in [2.05, 4.69) is 10.1 Å². The largest absolute Gasteiger partial charge is 0.392 e. The van der Waals surface area contributed by atoms with Gasteiger partial charge < -0.3 is 5.11 Å². The zero-order chi connectivity index (χ0) is 9.97. The molecule has 2 aromatic heterocycles. The molecule has 0 fully saturated rings. The summed E-state index contributed by atoms with van der Waals surface area (Å²) >= 11 is 0.